The monoisotopic (exact) mass is 235 g/mol. The minimum absolute atomic E-state index is 0.195. The van der Waals surface area contributed by atoms with Gasteiger partial charge in [0.25, 0.3) is 8.32 Å². The highest BCUT2D eigenvalue weighted by Crippen LogP contribution is 2.36. The lowest BCUT2D eigenvalue weighted by atomic mass is 10.2. The molecule has 0 heterocycles. The van der Waals surface area contributed by atoms with Gasteiger partial charge in [0.1, 0.15) is 0 Å². The standard InChI is InChI=1S/C13H21NOSi/c1-13(2,3)16(4,5)15-14-11-12-9-7-6-8-10-12/h6-11H,1-5H3/b14-11+. The molecule has 1 rings (SSSR count). The molecule has 3 heteroatoms. The van der Waals surface area contributed by atoms with Gasteiger partial charge in [0.2, 0.25) is 0 Å². The summed E-state index contributed by atoms with van der Waals surface area (Å²) >= 11 is 0. The van der Waals surface area contributed by atoms with E-state index in [0.29, 0.717) is 0 Å². The number of oxime groups is 1. The molecule has 0 bridgehead atoms. The van der Waals surface area contributed by atoms with Crippen molar-refractivity contribution in [2.45, 2.75) is 38.9 Å². The quantitative estimate of drug-likeness (QED) is 0.440. The molecule has 2 nitrogen and oxygen atoms in total. The molecule has 0 aromatic heterocycles. The van der Waals surface area contributed by atoms with E-state index in [1.54, 1.807) is 6.21 Å². The van der Waals surface area contributed by atoms with E-state index in [1.165, 1.54) is 0 Å². The van der Waals surface area contributed by atoms with Gasteiger partial charge in [0, 0.05) is 0 Å². The molecule has 16 heavy (non-hydrogen) atoms. The summed E-state index contributed by atoms with van der Waals surface area (Å²) in [6.07, 6.45) is 1.78. The van der Waals surface area contributed by atoms with Gasteiger partial charge in [-0.25, -0.2) is 0 Å². The first-order valence-corrected chi connectivity index (χ1v) is 8.50. The third-order valence-corrected chi connectivity index (χ3v) is 7.26. The van der Waals surface area contributed by atoms with Crippen LogP contribution < -0.4 is 0 Å². The van der Waals surface area contributed by atoms with Gasteiger partial charge in [-0.1, -0.05) is 51.1 Å². The van der Waals surface area contributed by atoms with Gasteiger partial charge in [0.15, 0.2) is 0 Å². The smallest absolute Gasteiger partial charge is 0.286 e. The molecular weight excluding hydrogens is 214 g/mol. The molecule has 0 saturated carbocycles. The maximum atomic E-state index is 5.71. The minimum atomic E-state index is -1.76. The zero-order valence-corrected chi connectivity index (χ0v) is 11.8. The first-order valence-electron chi connectivity index (χ1n) is 5.59. The van der Waals surface area contributed by atoms with Crippen LogP contribution in [0.15, 0.2) is 35.5 Å². The highest BCUT2D eigenvalue weighted by Gasteiger charge is 2.39. The van der Waals surface area contributed by atoms with Crippen molar-refractivity contribution >= 4 is 14.5 Å². The lowest BCUT2D eigenvalue weighted by molar-refractivity contribution is 0.310. The fourth-order valence-electron chi connectivity index (χ4n) is 0.895. The molecule has 1 aromatic carbocycles. The molecule has 0 amide bonds. The Morgan fingerprint density at radius 3 is 2.19 bits per heavy atom. The summed E-state index contributed by atoms with van der Waals surface area (Å²) in [5, 5.41) is 4.31. The van der Waals surface area contributed by atoms with Crippen molar-refractivity contribution in [1.29, 1.82) is 0 Å². The Hall–Kier alpha value is -1.09. The largest absolute Gasteiger partial charge is 0.455 e. The second-order valence-electron chi connectivity index (χ2n) is 5.50. The molecule has 0 aliphatic carbocycles. The molecule has 88 valence electrons. The zero-order chi connectivity index (χ0) is 12.2. The van der Waals surface area contributed by atoms with Crippen LogP contribution in [0, 0.1) is 0 Å². The Morgan fingerprint density at radius 2 is 1.69 bits per heavy atom. The highest BCUT2D eigenvalue weighted by molar-refractivity contribution is 6.74. The molecule has 0 unspecified atom stereocenters. The third-order valence-electron chi connectivity index (χ3n) is 3.09. The van der Waals surface area contributed by atoms with Crippen molar-refractivity contribution in [3.8, 4) is 0 Å². The summed E-state index contributed by atoms with van der Waals surface area (Å²) in [6.45, 7) is 11.0. The highest BCUT2D eigenvalue weighted by atomic mass is 28.4. The minimum Gasteiger partial charge on any atom is -0.455 e. The lowest BCUT2D eigenvalue weighted by Crippen LogP contribution is -2.39. The van der Waals surface area contributed by atoms with Crippen molar-refractivity contribution in [1.82, 2.24) is 0 Å². The van der Waals surface area contributed by atoms with Crippen LogP contribution in [0.1, 0.15) is 26.3 Å². The maximum absolute atomic E-state index is 5.71. The van der Waals surface area contributed by atoms with Gasteiger partial charge in [-0.3, -0.25) is 0 Å². The number of nitrogens with zero attached hydrogens (tertiary/aromatic N) is 1. The van der Waals surface area contributed by atoms with Gasteiger partial charge >= 0.3 is 0 Å². The summed E-state index contributed by atoms with van der Waals surface area (Å²) in [5.74, 6) is 0. The zero-order valence-electron chi connectivity index (χ0n) is 10.8. The van der Waals surface area contributed by atoms with Crippen LogP contribution in [0.25, 0.3) is 0 Å². The molecule has 0 spiro atoms. The molecule has 0 fully saturated rings. The van der Waals surface area contributed by atoms with E-state index in [9.17, 15) is 0 Å². The average molecular weight is 235 g/mol. The van der Waals surface area contributed by atoms with Crippen molar-refractivity contribution in [3.63, 3.8) is 0 Å². The van der Waals surface area contributed by atoms with E-state index in [1.807, 2.05) is 30.3 Å². The average Bonchev–Trinajstić information content (AvgIpc) is 2.17. The molecular formula is C13H21NOSi. The Balaban J connectivity index is 2.62. The van der Waals surface area contributed by atoms with Crippen LogP contribution in [0.5, 0.6) is 0 Å². The van der Waals surface area contributed by atoms with Crippen molar-refractivity contribution < 1.29 is 4.53 Å². The molecule has 0 aliphatic rings. The molecule has 0 N–H and O–H groups in total. The summed E-state index contributed by atoms with van der Waals surface area (Å²) in [5.41, 5.74) is 1.07. The summed E-state index contributed by atoms with van der Waals surface area (Å²) in [7, 11) is -1.76. The van der Waals surface area contributed by atoms with Gasteiger partial charge in [-0.05, 0) is 23.7 Å². The molecule has 0 saturated heterocycles. The Labute approximate surface area is 99.5 Å². The topological polar surface area (TPSA) is 21.6 Å². The summed E-state index contributed by atoms with van der Waals surface area (Å²) in [6, 6.07) is 10.0. The first kappa shape index (κ1) is 13.0. The van der Waals surface area contributed by atoms with E-state index in [2.05, 4.69) is 39.0 Å². The van der Waals surface area contributed by atoms with Crippen molar-refractivity contribution in [2.24, 2.45) is 5.16 Å². The first-order chi connectivity index (χ1) is 7.33. The van der Waals surface area contributed by atoms with Crippen LogP contribution in [0.2, 0.25) is 18.1 Å². The van der Waals surface area contributed by atoms with E-state index >= 15 is 0 Å². The number of hydrogen-bond acceptors (Lipinski definition) is 2. The Bertz CT molecular complexity index is 352. The Kier molecular flexibility index (Phi) is 3.91. The van der Waals surface area contributed by atoms with Crippen LogP contribution in [0.3, 0.4) is 0 Å². The SMILES string of the molecule is CC(C)(C)[Si](C)(C)O/N=C/c1ccccc1. The van der Waals surface area contributed by atoms with Crippen molar-refractivity contribution in [3.05, 3.63) is 35.9 Å². The van der Waals surface area contributed by atoms with Crippen LogP contribution >= 0.6 is 0 Å². The number of rotatable bonds is 3. The third kappa shape index (κ3) is 3.49. The number of hydrogen-bond donors (Lipinski definition) is 0. The maximum Gasteiger partial charge on any atom is 0.286 e. The van der Waals surface area contributed by atoms with Crippen LogP contribution in [-0.2, 0) is 4.53 Å². The van der Waals surface area contributed by atoms with E-state index in [4.69, 9.17) is 4.53 Å². The molecule has 0 atom stereocenters. The van der Waals surface area contributed by atoms with E-state index in [-0.39, 0.29) is 5.04 Å². The lowest BCUT2D eigenvalue weighted by Gasteiger charge is -2.33. The molecule has 0 aliphatic heterocycles. The number of benzene rings is 1. The Morgan fingerprint density at radius 1 is 1.12 bits per heavy atom. The predicted octanol–water partition coefficient (Wildman–Crippen LogP) is 4.04. The van der Waals surface area contributed by atoms with E-state index in [0.717, 1.165) is 5.56 Å². The van der Waals surface area contributed by atoms with Gasteiger partial charge in [0.05, 0.1) is 6.21 Å². The van der Waals surface area contributed by atoms with E-state index < -0.39 is 8.32 Å². The van der Waals surface area contributed by atoms with Crippen LogP contribution in [-0.4, -0.2) is 14.5 Å². The normalized spacial score (nSPS) is 13.1. The van der Waals surface area contributed by atoms with Crippen molar-refractivity contribution in [2.75, 3.05) is 0 Å². The predicted molar refractivity (Wildman–Crippen MR) is 72.3 cm³/mol. The fourth-order valence-corrected chi connectivity index (χ4v) is 1.49. The fraction of sp³-hybridized carbons (Fsp3) is 0.462. The summed E-state index contributed by atoms with van der Waals surface area (Å²) < 4.78 is 5.71. The van der Waals surface area contributed by atoms with Gasteiger partial charge in [-0.2, -0.15) is 0 Å². The van der Waals surface area contributed by atoms with Gasteiger partial charge < -0.3 is 4.53 Å². The molecule has 1 aromatic rings. The van der Waals surface area contributed by atoms with Crippen LogP contribution in [0.4, 0.5) is 0 Å². The second kappa shape index (κ2) is 4.83. The summed E-state index contributed by atoms with van der Waals surface area (Å²) in [4.78, 5) is 0. The van der Waals surface area contributed by atoms with Gasteiger partial charge in [-0.15, -0.1) is 5.16 Å². The molecule has 0 radical (unpaired) electrons. The second-order valence-corrected chi connectivity index (χ2v) is 10.2.